The van der Waals surface area contributed by atoms with Gasteiger partial charge in [-0.25, -0.2) is 0 Å². The summed E-state index contributed by atoms with van der Waals surface area (Å²) in [6, 6.07) is 5.49. The number of rotatable bonds is 1. The normalized spacial score (nSPS) is 14.3. The first-order chi connectivity index (χ1) is 7.39. The Kier molecular flexibility index (Phi) is 2.42. The van der Waals surface area contributed by atoms with Crippen molar-refractivity contribution in [1.29, 1.82) is 0 Å². The molecular weight excluding hydrogens is 219 g/mol. The van der Waals surface area contributed by atoms with Gasteiger partial charge in [0.15, 0.2) is 0 Å². The molecule has 5 heteroatoms. The lowest BCUT2D eigenvalue weighted by atomic mass is 10.0. The Bertz CT molecular complexity index is 513. The molecular formula is C11H10F3NO. The molecule has 0 spiro atoms. The summed E-state index contributed by atoms with van der Waals surface area (Å²) >= 11 is 0. The van der Waals surface area contributed by atoms with Gasteiger partial charge in [-0.05, 0) is 24.6 Å². The summed E-state index contributed by atoms with van der Waals surface area (Å²) in [5.74, 6) is -0.990. The monoisotopic (exact) mass is 229 g/mol. The Morgan fingerprint density at radius 1 is 1.31 bits per heavy atom. The van der Waals surface area contributed by atoms with Crippen LogP contribution in [0.15, 0.2) is 28.7 Å². The smallest absolute Gasteiger partial charge is 0.449 e. The molecule has 0 aliphatic heterocycles. The van der Waals surface area contributed by atoms with Crippen LogP contribution in [0.3, 0.4) is 0 Å². The van der Waals surface area contributed by atoms with E-state index in [1.807, 2.05) is 0 Å². The second-order valence-corrected chi connectivity index (χ2v) is 3.66. The fourth-order valence-electron chi connectivity index (χ4n) is 1.62. The van der Waals surface area contributed by atoms with E-state index in [0.29, 0.717) is 10.9 Å². The standard InChI is InChI=1S/C11H10F3NO/c1-6(15)7-3-2-4-9-8(7)5-10(16-9)11(12,13)14/h2-6H,15H2,1H3. The Morgan fingerprint density at radius 2 is 2.00 bits per heavy atom. The number of alkyl halides is 3. The third-order valence-corrected chi connectivity index (χ3v) is 2.37. The van der Waals surface area contributed by atoms with Crippen LogP contribution < -0.4 is 5.73 Å². The van der Waals surface area contributed by atoms with E-state index in [0.717, 1.165) is 6.07 Å². The van der Waals surface area contributed by atoms with Crippen LogP contribution in [0.2, 0.25) is 0 Å². The zero-order chi connectivity index (χ0) is 11.9. The third kappa shape index (κ3) is 1.78. The second-order valence-electron chi connectivity index (χ2n) is 3.66. The summed E-state index contributed by atoms with van der Waals surface area (Å²) in [5.41, 5.74) is 6.54. The quantitative estimate of drug-likeness (QED) is 0.813. The lowest BCUT2D eigenvalue weighted by Gasteiger charge is -2.05. The molecule has 2 rings (SSSR count). The lowest BCUT2D eigenvalue weighted by molar-refractivity contribution is -0.152. The number of furan rings is 1. The van der Waals surface area contributed by atoms with Gasteiger partial charge < -0.3 is 10.2 Å². The second kappa shape index (κ2) is 3.52. The van der Waals surface area contributed by atoms with Crippen molar-refractivity contribution in [3.8, 4) is 0 Å². The Morgan fingerprint density at radius 3 is 2.56 bits per heavy atom. The van der Waals surface area contributed by atoms with Crippen molar-refractivity contribution < 1.29 is 17.6 Å². The van der Waals surface area contributed by atoms with Crippen molar-refractivity contribution in [2.24, 2.45) is 5.73 Å². The van der Waals surface area contributed by atoms with Gasteiger partial charge in [-0.2, -0.15) is 13.2 Å². The number of fused-ring (bicyclic) bond motifs is 1. The molecule has 1 aromatic heterocycles. The first kappa shape index (κ1) is 11.0. The Labute approximate surface area is 89.8 Å². The number of hydrogen-bond donors (Lipinski definition) is 1. The van der Waals surface area contributed by atoms with Gasteiger partial charge in [0.25, 0.3) is 0 Å². The molecule has 0 saturated heterocycles. The van der Waals surface area contributed by atoms with Crippen LogP contribution in [0.4, 0.5) is 13.2 Å². The van der Waals surface area contributed by atoms with Gasteiger partial charge in [-0.3, -0.25) is 0 Å². The number of hydrogen-bond acceptors (Lipinski definition) is 2. The van der Waals surface area contributed by atoms with E-state index in [1.54, 1.807) is 19.1 Å². The SMILES string of the molecule is CC(N)c1cccc2oc(C(F)(F)F)cc12. The molecule has 0 fully saturated rings. The van der Waals surface area contributed by atoms with Crippen molar-refractivity contribution in [3.63, 3.8) is 0 Å². The summed E-state index contributed by atoms with van der Waals surface area (Å²) in [7, 11) is 0. The molecule has 1 unspecified atom stereocenters. The molecule has 86 valence electrons. The minimum absolute atomic E-state index is 0.210. The highest BCUT2D eigenvalue weighted by Gasteiger charge is 2.35. The molecule has 0 amide bonds. The first-order valence-electron chi connectivity index (χ1n) is 4.75. The van der Waals surface area contributed by atoms with E-state index in [2.05, 4.69) is 0 Å². The van der Waals surface area contributed by atoms with Gasteiger partial charge in [0.2, 0.25) is 5.76 Å². The summed E-state index contributed by atoms with van der Waals surface area (Å²) < 4.78 is 42.0. The Balaban J connectivity index is 2.66. The molecule has 1 heterocycles. The predicted octanol–water partition coefficient (Wildman–Crippen LogP) is 3.47. The third-order valence-electron chi connectivity index (χ3n) is 2.37. The van der Waals surface area contributed by atoms with E-state index >= 15 is 0 Å². The molecule has 0 aliphatic rings. The zero-order valence-electron chi connectivity index (χ0n) is 8.51. The number of benzene rings is 1. The van der Waals surface area contributed by atoms with Crippen LogP contribution in [0, 0.1) is 0 Å². The van der Waals surface area contributed by atoms with Gasteiger partial charge >= 0.3 is 6.18 Å². The van der Waals surface area contributed by atoms with E-state index < -0.39 is 11.9 Å². The lowest BCUT2D eigenvalue weighted by Crippen LogP contribution is -2.05. The molecule has 0 saturated carbocycles. The largest absolute Gasteiger partial charge is 0.451 e. The van der Waals surface area contributed by atoms with Crippen LogP contribution >= 0.6 is 0 Å². The van der Waals surface area contributed by atoms with Crippen molar-refractivity contribution in [2.45, 2.75) is 19.1 Å². The minimum atomic E-state index is -4.46. The average molecular weight is 229 g/mol. The average Bonchev–Trinajstić information content (AvgIpc) is 2.59. The van der Waals surface area contributed by atoms with Crippen LogP contribution in [0.1, 0.15) is 24.3 Å². The van der Waals surface area contributed by atoms with E-state index in [4.69, 9.17) is 10.2 Å². The summed E-state index contributed by atoms with van der Waals surface area (Å²) in [6.07, 6.45) is -4.46. The van der Waals surface area contributed by atoms with Gasteiger partial charge in [0.05, 0.1) is 0 Å². The maximum absolute atomic E-state index is 12.4. The van der Waals surface area contributed by atoms with Gasteiger partial charge in [0.1, 0.15) is 5.58 Å². The number of nitrogens with two attached hydrogens (primary N) is 1. The van der Waals surface area contributed by atoms with Crippen LogP contribution in [0.25, 0.3) is 11.0 Å². The van der Waals surface area contributed by atoms with Crippen molar-refractivity contribution in [1.82, 2.24) is 0 Å². The van der Waals surface area contributed by atoms with E-state index in [1.165, 1.54) is 6.07 Å². The van der Waals surface area contributed by atoms with Crippen LogP contribution in [-0.2, 0) is 6.18 Å². The maximum atomic E-state index is 12.4. The van der Waals surface area contributed by atoms with Crippen molar-refractivity contribution in [3.05, 3.63) is 35.6 Å². The molecule has 0 bridgehead atoms. The minimum Gasteiger partial charge on any atom is -0.451 e. The topological polar surface area (TPSA) is 39.2 Å². The highest BCUT2D eigenvalue weighted by atomic mass is 19.4. The summed E-state index contributed by atoms with van der Waals surface area (Å²) in [5, 5.41) is 0.421. The highest BCUT2D eigenvalue weighted by molar-refractivity contribution is 5.82. The molecule has 16 heavy (non-hydrogen) atoms. The first-order valence-corrected chi connectivity index (χ1v) is 4.75. The van der Waals surface area contributed by atoms with Crippen molar-refractivity contribution >= 4 is 11.0 Å². The molecule has 2 aromatic rings. The van der Waals surface area contributed by atoms with Crippen LogP contribution in [0.5, 0.6) is 0 Å². The van der Waals surface area contributed by atoms with Gasteiger partial charge in [-0.1, -0.05) is 12.1 Å². The highest BCUT2D eigenvalue weighted by Crippen LogP contribution is 2.35. The maximum Gasteiger partial charge on any atom is 0.449 e. The Hall–Kier alpha value is -1.49. The summed E-state index contributed by atoms with van der Waals surface area (Å²) in [4.78, 5) is 0. The molecule has 1 aromatic carbocycles. The molecule has 1 atom stereocenters. The van der Waals surface area contributed by atoms with E-state index in [-0.39, 0.29) is 11.6 Å². The summed E-state index contributed by atoms with van der Waals surface area (Å²) in [6.45, 7) is 1.72. The molecule has 2 N–H and O–H groups in total. The van der Waals surface area contributed by atoms with E-state index in [9.17, 15) is 13.2 Å². The van der Waals surface area contributed by atoms with Gasteiger partial charge in [-0.15, -0.1) is 0 Å². The van der Waals surface area contributed by atoms with Gasteiger partial charge in [0, 0.05) is 11.4 Å². The molecule has 2 nitrogen and oxygen atoms in total. The fraction of sp³-hybridized carbons (Fsp3) is 0.273. The number of halogens is 3. The zero-order valence-corrected chi connectivity index (χ0v) is 8.51. The van der Waals surface area contributed by atoms with Crippen molar-refractivity contribution in [2.75, 3.05) is 0 Å². The molecule has 0 aliphatic carbocycles. The molecule has 0 radical (unpaired) electrons. The predicted molar refractivity (Wildman–Crippen MR) is 53.8 cm³/mol. The fourth-order valence-corrected chi connectivity index (χ4v) is 1.62. The van der Waals surface area contributed by atoms with Crippen LogP contribution in [-0.4, -0.2) is 0 Å².